The van der Waals surface area contributed by atoms with Gasteiger partial charge in [0.15, 0.2) is 0 Å². The van der Waals surface area contributed by atoms with E-state index in [1.54, 1.807) is 0 Å². The second kappa shape index (κ2) is 6.17. The van der Waals surface area contributed by atoms with Crippen LogP contribution in [0.15, 0.2) is 30.3 Å². The maximum absolute atomic E-state index is 12.5. The first-order chi connectivity index (χ1) is 8.34. The summed E-state index contributed by atoms with van der Waals surface area (Å²) < 4.78 is 0. The number of benzene rings is 1. The van der Waals surface area contributed by atoms with Crippen molar-refractivity contribution in [2.45, 2.75) is 52.9 Å². The molecule has 0 amide bonds. The van der Waals surface area contributed by atoms with Crippen LogP contribution in [0.1, 0.15) is 53.0 Å². The van der Waals surface area contributed by atoms with Gasteiger partial charge in [-0.2, -0.15) is 0 Å². The van der Waals surface area contributed by atoms with Crippen LogP contribution in [0.2, 0.25) is 0 Å². The molecule has 100 valence electrons. The average Bonchev–Trinajstić information content (AvgIpc) is 2.28. The first kappa shape index (κ1) is 14.9. The zero-order chi connectivity index (χ0) is 13.8. The minimum absolute atomic E-state index is 0.349. The molecule has 0 aliphatic carbocycles. The summed E-state index contributed by atoms with van der Waals surface area (Å²) in [6.07, 6.45) is 1.80. The fourth-order valence-electron chi connectivity index (χ4n) is 2.48. The Balaban J connectivity index is 2.71. The molecule has 0 spiro atoms. The lowest BCUT2D eigenvalue weighted by Gasteiger charge is -2.25. The van der Waals surface area contributed by atoms with Gasteiger partial charge in [0.05, 0.1) is 0 Å². The van der Waals surface area contributed by atoms with Gasteiger partial charge in [0, 0.05) is 11.8 Å². The van der Waals surface area contributed by atoms with E-state index < -0.39 is 0 Å². The van der Waals surface area contributed by atoms with E-state index in [0.717, 1.165) is 12.0 Å². The van der Waals surface area contributed by atoms with Crippen LogP contribution in [0.3, 0.4) is 0 Å². The summed E-state index contributed by atoms with van der Waals surface area (Å²) in [5, 5.41) is 0. The van der Waals surface area contributed by atoms with E-state index in [2.05, 4.69) is 20.8 Å². The molecule has 0 aliphatic heterocycles. The van der Waals surface area contributed by atoms with Crippen LogP contribution in [-0.2, 0) is 10.2 Å². The minimum atomic E-state index is -0.369. The van der Waals surface area contributed by atoms with Crippen LogP contribution in [0.4, 0.5) is 0 Å². The van der Waals surface area contributed by atoms with Crippen LogP contribution < -0.4 is 0 Å². The third-order valence-electron chi connectivity index (χ3n) is 3.60. The summed E-state index contributed by atoms with van der Waals surface area (Å²) in [5.74, 6) is 1.48. The smallest absolute Gasteiger partial charge is 0.143 e. The van der Waals surface area contributed by atoms with Gasteiger partial charge in [-0.1, -0.05) is 51.1 Å². The quantitative estimate of drug-likeness (QED) is 0.716. The Morgan fingerprint density at radius 1 is 1.11 bits per heavy atom. The number of ketones is 1. The molecule has 1 atom stereocenters. The first-order valence-electron chi connectivity index (χ1n) is 6.93. The molecule has 0 radical (unpaired) electrons. The first-order valence-corrected chi connectivity index (χ1v) is 6.93. The standard InChI is InChI=1S/C17H26O/c1-13(2)11-14(3)12-16(18)17(4,5)15-9-7-6-8-10-15/h6-10,13-14H,11-12H2,1-5H3. The lowest BCUT2D eigenvalue weighted by atomic mass is 9.77. The highest BCUT2D eigenvalue weighted by molar-refractivity contribution is 5.89. The normalized spacial score (nSPS) is 13.7. The van der Waals surface area contributed by atoms with Gasteiger partial charge >= 0.3 is 0 Å². The predicted octanol–water partition coefficient (Wildman–Crippen LogP) is 4.61. The van der Waals surface area contributed by atoms with Gasteiger partial charge < -0.3 is 0 Å². The maximum atomic E-state index is 12.5. The van der Waals surface area contributed by atoms with Crippen molar-refractivity contribution in [3.05, 3.63) is 35.9 Å². The summed E-state index contributed by atoms with van der Waals surface area (Å²) in [4.78, 5) is 12.5. The molecule has 0 aliphatic rings. The lowest BCUT2D eigenvalue weighted by Crippen LogP contribution is -2.30. The van der Waals surface area contributed by atoms with Crippen molar-refractivity contribution in [2.24, 2.45) is 11.8 Å². The van der Waals surface area contributed by atoms with Crippen LogP contribution >= 0.6 is 0 Å². The summed E-state index contributed by atoms with van der Waals surface area (Å²) in [5.41, 5.74) is 0.749. The summed E-state index contributed by atoms with van der Waals surface area (Å²) in [6.45, 7) is 10.7. The van der Waals surface area contributed by atoms with E-state index in [0.29, 0.717) is 24.0 Å². The van der Waals surface area contributed by atoms with Gasteiger partial charge in [-0.25, -0.2) is 0 Å². The Labute approximate surface area is 112 Å². The number of carbonyl (C=O) groups is 1. The molecular formula is C17H26O. The molecule has 1 aromatic rings. The Morgan fingerprint density at radius 2 is 1.67 bits per heavy atom. The van der Waals surface area contributed by atoms with Gasteiger partial charge in [0.1, 0.15) is 5.78 Å². The molecule has 1 heteroatoms. The molecule has 0 N–H and O–H groups in total. The third kappa shape index (κ3) is 3.97. The van der Waals surface area contributed by atoms with E-state index >= 15 is 0 Å². The number of hydrogen-bond donors (Lipinski definition) is 0. The number of hydrogen-bond acceptors (Lipinski definition) is 1. The highest BCUT2D eigenvalue weighted by atomic mass is 16.1. The Kier molecular flexibility index (Phi) is 5.13. The summed E-state index contributed by atoms with van der Waals surface area (Å²) in [6, 6.07) is 10.1. The SMILES string of the molecule is CC(C)CC(C)CC(=O)C(C)(C)c1ccccc1. The zero-order valence-electron chi connectivity index (χ0n) is 12.4. The fourth-order valence-corrected chi connectivity index (χ4v) is 2.48. The summed E-state index contributed by atoms with van der Waals surface area (Å²) >= 11 is 0. The van der Waals surface area contributed by atoms with Gasteiger partial charge in [-0.15, -0.1) is 0 Å². The van der Waals surface area contributed by atoms with Crippen molar-refractivity contribution in [3.63, 3.8) is 0 Å². The van der Waals surface area contributed by atoms with Crippen LogP contribution in [-0.4, -0.2) is 5.78 Å². The molecule has 0 saturated carbocycles. The van der Waals surface area contributed by atoms with Gasteiger partial charge in [0.2, 0.25) is 0 Å². The molecule has 1 nitrogen and oxygen atoms in total. The molecule has 0 heterocycles. The Hall–Kier alpha value is -1.11. The topological polar surface area (TPSA) is 17.1 Å². The number of Topliss-reactive ketones (excluding diaryl/α,β-unsaturated/α-hetero) is 1. The van der Waals surface area contributed by atoms with Crippen molar-refractivity contribution in [1.82, 2.24) is 0 Å². The summed E-state index contributed by atoms with van der Waals surface area (Å²) in [7, 11) is 0. The van der Waals surface area contributed by atoms with Crippen LogP contribution in [0.5, 0.6) is 0 Å². The molecule has 1 unspecified atom stereocenters. The molecule has 0 fully saturated rings. The highest BCUT2D eigenvalue weighted by Gasteiger charge is 2.30. The van der Waals surface area contributed by atoms with Crippen molar-refractivity contribution >= 4 is 5.78 Å². The van der Waals surface area contributed by atoms with E-state index in [9.17, 15) is 4.79 Å². The molecule has 1 aromatic carbocycles. The van der Waals surface area contributed by atoms with E-state index in [1.165, 1.54) is 0 Å². The van der Waals surface area contributed by atoms with Crippen molar-refractivity contribution in [3.8, 4) is 0 Å². The zero-order valence-corrected chi connectivity index (χ0v) is 12.4. The minimum Gasteiger partial charge on any atom is -0.299 e. The Bertz CT molecular complexity index is 376. The van der Waals surface area contributed by atoms with Gasteiger partial charge in [-0.3, -0.25) is 4.79 Å². The highest BCUT2D eigenvalue weighted by Crippen LogP contribution is 2.28. The van der Waals surface area contributed by atoms with E-state index in [4.69, 9.17) is 0 Å². The van der Waals surface area contributed by atoms with E-state index in [-0.39, 0.29) is 5.41 Å². The molecule has 0 saturated heterocycles. The van der Waals surface area contributed by atoms with Crippen molar-refractivity contribution in [2.75, 3.05) is 0 Å². The van der Waals surface area contributed by atoms with Crippen LogP contribution in [0.25, 0.3) is 0 Å². The number of carbonyl (C=O) groups excluding carboxylic acids is 1. The van der Waals surface area contributed by atoms with Gasteiger partial charge in [-0.05, 0) is 37.7 Å². The van der Waals surface area contributed by atoms with Crippen molar-refractivity contribution < 1.29 is 4.79 Å². The monoisotopic (exact) mass is 246 g/mol. The molecule has 18 heavy (non-hydrogen) atoms. The number of rotatable bonds is 6. The lowest BCUT2D eigenvalue weighted by molar-refractivity contribution is -0.124. The molecular weight excluding hydrogens is 220 g/mol. The maximum Gasteiger partial charge on any atom is 0.143 e. The van der Waals surface area contributed by atoms with Gasteiger partial charge in [0.25, 0.3) is 0 Å². The molecule has 0 aromatic heterocycles. The third-order valence-corrected chi connectivity index (χ3v) is 3.60. The largest absolute Gasteiger partial charge is 0.299 e. The second-order valence-electron chi connectivity index (χ2n) is 6.35. The van der Waals surface area contributed by atoms with Crippen LogP contribution in [0, 0.1) is 11.8 Å². The molecule has 0 bridgehead atoms. The average molecular weight is 246 g/mol. The van der Waals surface area contributed by atoms with Crippen molar-refractivity contribution in [1.29, 1.82) is 0 Å². The second-order valence-corrected chi connectivity index (χ2v) is 6.35. The van der Waals surface area contributed by atoms with E-state index in [1.807, 2.05) is 44.2 Å². The predicted molar refractivity (Wildman–Crippen MR) is 77.7 cm³/mol. The Morgan fingerprint density at radius 3 is 2.17 bits per heavy atom. The fraction of sp³-hybridized carbons (Fsp3) is 0.588. The molecule has 1 rings (SSSR count).